The molecule has 1 aliphatic heterocycles. The van der Waals surface area contributed by atoms with Gasteiger partial charge in [-0.05, 0) is 46.8 Å². The Balaban J connectivity index is 2.37. The third-order valence-corrected chi connectivity index (χ3v) is 5.27. The van der Waals surface area contributed by atoms with Crippen molar-refractivity contribution in [2.24, 2.45) is 0 Å². The largest absolute Gasteiger partial charge is 0.493 e. The summed E-state index contributed by atoms with van der Waals surface area (Å²) in [6.45, 7) is 8.47. The number of hydrogen-bond acceptors (Lipinski definition) is 10. The molecule has 0 aliphatic carbocycles. The van der Waals surface area contributed by atoms with Gasteiger partial charge in [0.05, 0.1) is 7.11 Å². The molecule has 0 aromatic heterocycles. The zero-order valence-corrected chi connectivity index (χ0v) is 19.8. The summed E-state index contributed by atoms with van der Waals surface area (Å²) in [6.07, 6.45) is -1.72. The molecule has 0 amide bonds. The Bertz CT molecular complexity index is 933. The van der Waals surface area contributed by atoms with Crippen molar-refractivity contribution in [1.29, 1.82) is 0 Å². The minimum atomic E-state index is -2.14. The van der Waals surface area contributed by atoms with Crippen molar-refractivity contribution in [2.45, 2.75) is 65.5 Å². The molecular formula is C23H30O10. The van der Waals surface area contributed by atoms with Crippen molar-refractivity contribution in [1.82, 2.24) is 0 Å². The predicted molar refractivity (Wildman–Crippen MR) is 115 cm³/mol. The van der Waals surface area contributed by atoms with E-state index in [1.165, 1.54) is 27.9 Å². The molecular weight excluding hydrogens is 436 g/mol. The fraction of sp³-hybridized carbons (Fsp3) is 0.522. The maximum atomic E-state index is 12.7. The van der Waals surface area contributed by atoms with Crippen LogP contribution < -0.4 is 14.2 Å². The van der Waals surface area contributed by atoms with E-state index in [9.17, 15) is 19.5 Å². The van der Waals surface area contributed by atoms with Crippen LogP contribution in [-0.2, 0) is 28.6 Å². The summed E-state index contributed by atoms with van der Waals surface area (Å²) in [5.74, 6) is -1.22. The third-order valence-electron chi connectivity index (χ3n) is 5.27. The number of esters is 3. The van der Waals surface area contributed by atoms with Crippen LogP contribution in [-0.4, -0.2) is 54.7 Å². The monoisotopic (exact) mass is 466 g/mol. The van der Waals surface area contributed by atoms with Crippen LogP contribution in [0.25, 0.3) is 0 Å². The fourth-order valence-corrected chi connectivity index (χ4v) is 2.95. The number of ether oxygens (including phenoxy) is 6. The Morgan fingerprint density at radius 1 is 1.12 bits per heavy atom. The lowest BCUT2D eigenvalue weighted by molar-refractivity contribution is -0.192. The van der Waals surface area contributed by atoms with Gasteiger partial charge >= 0.3 is 17.9 Å². The maximum Gasteiger partial charge on any atom is 0.342 e. The van der Waals surface area contributed by atoms with Crippen molar-refractivity contribution >= 4 is 17.9 Å². The molecule has 1 aliphatic rings. The average molecular weight is 466 g/mol. The average Bonchev–Trinajstić information content (AvgIpc) is 3.23. The lowest BCUT2D eigenvalue weighted by Crippen LogP contribution is -2.49. The zero-order valence-electron chi connectivity index (χ0n) is 19.8. The summed E-state index contributed by atoms with van der Waals surface area (Å²) in [6, 6.07) is 3.18. The van der Waals surface area contributed by atoms with E-state index in [1.54, 1.807) is 32.1 Å². The molecule has 33 heavy (non-hydrogen) atoms. The Labute approximate surface area is 192 Å². The van der Waals surface area contributed by atoms with E-state index in [1.807, 2.05) is 0 Å². The molecule has 4 atom stereocenters. The topological polar surface area (TPSA) is 127 Å². The number of methoxy groups -OCH3 is 1. The summed E-state index contributed by atoms with van der Waals surface area (Å²) in [5, 5.41) is 10.6. The first-order valence-corrected chi connectivity index (χ1v) is 10.3. The van der Waals surface area contributed by atoms with E-state index in [-0.39, 0.29) is 6.79 Å². The quantitative estimate of drug-likeness (QED) is 0.330. The molecule has 4 unspecified atom stereocenters. The summed E-state index contributed by atoms with van der Waals surface area (Å²) < 4.78 is 32.2. The molecule has 1 heterocycles. The second-order valence-electron chi connectivity index (χ2n) is 7.76. The highest BCUT2D eigenvalue weighted by molar-refractivity contribution is 5.88. The highest BCUT2D eigenvalue weighted by atomic mass is 16.7. The first-order valence-electron chi connectivity index (χ1n) is 10.3. The zero-order chi connectivity index (χ0) is 24.9. The Morgan fingerprint density at radius 3 is 2.36 bits per heavy atom. The summed E-state index contributed by atoms with van der Waals surface area (Å²) >= 11 is 0. The number of hydrogen-bond donors (Lipinski definition) is 1. The normalized spacial score (nSPS) is 17.3. The second-order valence-corrected chi connectivity index (χ2v) is 7.76. The van der Waals surface area contributed by atoms with Crippen LogP contribution in [0.3, 0.4) is 0 Å². The Hall–Kier alpha value is -3.27. The molecule has 182 valence electrons. The van der Waals surface area contributed by atoms with Gasteiger partial charge < -0.3 is 33.5 Å². The first-order chi connectivity index (χ1) is 15.4. The maximum absolute atomic E-state index is 12.7. The lowest BCUT2D eigenvalue weighted by Gasteiger charge is -2.31. The Kier molecular flexibility index (Phi) is 8.32. The van der Waals surface area contributed by atoms with Gasteiger partial charge in [0.25, 0.3) is 0 Å². The number of benzene rings is 1. The molecule has 0 spiro atoms. The van der Waals surface area contributed by atoms with Gasteiger partial charge in [-0.2, -0.15) is 0 Å². The van der Waals surface area contributed by atoms with Crippen LogP contribution in [0.1, 0.15) is 53.2 Å². The molecule has 1 aromatic rings. The van der Waals surface area contributed by atoms with E-state index < -0.39 is 41.8 Å². The second kappa shape index (κ2) is 10.6. The molecule has 0 fully saturated rings. The van der Waals surface area contributed by atoms with Crippen LogP contribution in [0, 0.1) is 0 Å². The number of carbonyl (C=O) groups is 3. The van der Waals surface area contributed by atoms with Crippen LogP contribution >= 0.6 is 0 Å². The molecule has 0 saturated heterocycles. The molecule has 0 radical (unpaired) electrons. The van der Waals surface area contributed by atoms with E-state index in [4.69, 9.17) is 28.4 Å². The van der Waals surface area contributed by atoms with Crippen molar-refractivity contribution in [3.8, 4) is 17.2 Å². The molecule has 0 saturated carbocycles. The highest BCUT2D eigenvalue weighted by Crippen LogP contribution is 2.44. The fourth-order valence-electron chi connectivity index (χ4n) is 2.95. The van der Waals surface area contributed by atoms with E-state index >= 15 is 0 Å². The van der Waals surface area contributed by atoms with Gasteiger partial charge in [0.15, 0.2) is 23.2 Å². The standard InChI is InChI=1S/C23H30O10/c1-8-12(2)21(25)33-19(16-9-17(28-7)20-18(10-16)29-11-30-20)13(3)31-22(26)23(6,27)14(4)32-15(5)24/h8-10,13-14,19,27H,11H2,1-7H3. The van der Waals surface area contributed by atoms with Crippen LogP contribution in [0.2, 0.25) is 0 Å². The van der Waals surface area contributed by atoms with Gasteiger partial charge in [0, 0.05) is 18.1 Å². The van der Waals surface area contributed by atoms with E-state index in [2.05, 4.69) is 0 Å². The minimum Gasteiger partial charge on any atom is -0.493 e. The predicted octanol–water partition coefficient (Wildman–Crippen LogP) is 2.61. The van der Waals surface area contributed by atoms with Gasteiger partial charge in [-0.25, -0.2) is 9.59 Å². The van der Waals surface area contributed by atoms with Crippen LogP contribution in [0.15, 0.2) is 23.8 Å². The Morgan fingerprint density at radius 2 is 1.79 bits per heavy atom. The number of fused-ring (bicyclic) bond motifs is 1. The number of carbonyl (C=O) groups excluding carboxylic acids is 3. The minimum absolute atomic E-state index is 0.00126. The first kappa shape index (κ1) is 26.0. The molecule has 1 aromatic carbocycles. The summed E-state index contributed by atoms with van der Waals surface area (Å²) in [4.78, 5) is 36.5. The van der Waals surface area contributed by atoms with E-state index in [0.717, 1.165) is 6.92 Å². The summed E-state index contributed by atoms with van der Waals surface area (Å²) in [5.41, 5.74) is -1.37. The van der Waals surface area contributed by atoms with Crippen molar-refractivity contribution < 1.29 is 47.9 Å². The smallest absolute Gasteiger partial charge is 0.342 e. The van der Waals surface area contributed by atoms with Crippen molar-refractivity contribution in [3.63, 3.8) is 0 Å². The third kappa shape index (κ3) is 5.95. The number of aliphatic hydroxyl groups is 1. The van der Waals surface area contributed by atoms with Crippen LogP contribution in [0.5, 0.6) is 17.2 Å². The van der Waals surface area contributed by atoms with Crippen molar-refractivity contribution in [3.05, 3.63) is 29.3 Å². The molecule has 1 N–H and O–H groups in total. The van der Waals surface area contributed by atoms with Gasteiger partial charge in [-0.3, -0.25) is 4.79 Å². The SMILES string of the molecule is CC=C(C)C(=O)OC(c1cc(OC)c2c(c1)OCO2)C(C)OC(=O)C(C)(O)C(C)OC(C)=O. The van der Waals surface area contributed by atoms with E-state index in [0.29, 0.717) is 28.4 Å². The molecule has 2 rings (SSSR count). The number of rotatable bonds is 9. The van der Waals surface area contributed by atoms with Crippen LogP contribution in [0.4, 0.5) is 0 Å². The molecule has 10 heteroatoms. The lowest BCUT2D eigenvalue weighted by atomic mass is 9.99. The molecule has 0 bridgehead atoms. The van der Waals surface area contributed by atoms with Gasteiger partial charge in [0.1, 0.15) is 12.2 Å². The highest BCUT2D eigenvalue weighted by Gasteiger charge is 2.43. The van der Waals surface area contributed by atoms with Gasteiger partial charge in [-0.15, -0.1) is 0 Å². The number of allylic oxidation sites excluding steroid dienone is 1. The van der Waals surface area contributed by atoms with Crippen molar-refractivity contribution in [2.75, 3.05) is 13.9 Å². The van der Waals surface area contributed by atoms with Gasteiger partial charge in [0.2, 0.25) is 12.5 Å². The summed E-state index contributed by atoms with van der Waals surface area (Å²) in [7, 11) is 1.45. The van der Waals surface area contributed by atoms with Gasteiger partial charge in [-0.1, -0.05) is 6.08 Å². The molecule has 10 nitrogen and oxygen atoms in total.